The van der Waals surface area contributed by atoms with Gasteiger partial charge in [-0.2, -0.15) is 15.2 Å². The van der Waals surface area contributed by atoms with Gasteiger partial charge >= 0.3 is 6.01 Å². The van der Waals surface area contributed by atoms with Crippen LogP contribution in [0.4, 0.5) is 11.5 Å². The average Bonchev–Trinajstić information content (AvgIpc) is 2.83. The van der Waals surface area contributed by atoms with E-state index >= 15 is 0 Å². The molecule has 5 rings (SSSR count). The highest BCUT2D eigenvalue weighted by molar-refractivity contribution is 6.36. The van der Waals surface area contributed by atoms with Crippen molar-refractivity contribution in [2.75, 3.05) is 36.5 Å². The van der Waals surface area contributed by atoms with Crippen molar-refractivity contribution >= 4 is 33.9 Å². The Morgan fingerprint density at radius 3 is 2.62 bits per heavy atom. The average molecular weight is 449 g/mol. The summed E-state index contributed by atoms with van der Waals surface area (Å²) in [5, 5.41) is 14.8. The van der Waals surface area contributed by atoms with Crippen molar-refractivity contribution in [1.29, 1.82) is 5.26 Å². The molecule has 1 N–H and O–H groups in total. The van der Waals surface area contributed by atoms with Crippen LogP contribution in [0.3, 0.4) is 0 Å². The van der Waals surface area contributed by atoms with Crippen molar-refractivity contribution < 1.29 is 4.74 Å². The highest BCUT2D eigenvalue weighted by atomic mass is 35.5. The van der Waals surface area contributed by atoms with Gasteiger partial charge < -0.3 is 19.9 Å². The van der Waals surface area contributed by atoms with E-state index in [1.807, 2.05) is 12.1 Å². The van der Waals surface area contributed by atoms with Crippen molar-refractivity contribution in [3.05, 3.63) is 52.7 Å². The molecule has 0 saturated carbocycles. The molecule has 164 valence electrons. The number of halogens is 1. The molecule has 0 spiro atoms. The summed E-state index contributed by atoms with van der Waals surface area (Å²) in [5.41, 5.74) is 3.32. The maximum Gasteiger partial charge on any atom is 0.318 e. The fourth-order valence-corrected chi connectivity index (χ4v) is 5.09. The molecule has 0 aliphatic carbocycles. The molecule has 3 aromatic rings. The lowest BCUT2D eigenvalue weighted by Gasteiger charge is -2.36. The van der Waals surface area contributed by atoms with Gasteiger partial charge in [0.15, 0.2) is 6.19 Å². The molecule has 0 radical (unpaired) electrons. The van der Waals surface area contributed by atoms with Crippen molar-refractivity contribution in [1.82, 2.24) is 15.3 Å². The first-order valence-corrected chi connectivity index (χ1v) is 11.3. The van der Waals surface area contributed by atoms with Gasteiger partial charge in [-0.15, -0.1) is 0 Å². The number of nitrogens with one attached hydrogen (secondary N) is 1. The Hall–Kier alpha value is -3.24. The minimum Gasteiger partial charge on any atom is -0.467 e. The lowest BCUT2D eigenvalue weighted by atomic mass is 10.00. The van der Waals surface area contributed by atoms with E-state index in [1.165, 1.54) is 5.56 Å². The van der Waals surface area contributed by atoms with Crippen LogP contribution in [0.25, 0.3) is 10.8 Å². The lowest BCUT2D eigenvalue weighted by Crippen LogP contribution is -2.42. The largest absolute Gasteiger partial charge is 0.467 e. The van der Waals surface area contributed by atoms with Crippen LogP contribution in [0.5, 0.6) is 6.01 Å². The molecule has 0 atom stereocenters. The minimum absolute atomic E-state index is 0.238. The van der Waals surface area contributed by atoms with Crippen LogP contribution in [0.15, 0.2) is 36.4 Å². The third-order valence-electron chi connectivity index (χ3n) is 6.44. The maximum atomic E-state index is 8.91. The minimum atomic E-state index is 0.238. The van der Waals surface area contributed by atoms with Crippen molar-refractivity contribution in [3.8, 4) is 12.2 Å². The van der Waals surface area contributed by atoms with E-state index in [2.05, 4.69) is 45.6 Å². The SMILES string of the molecule is COc1nc2c(c(N3CCC(NC#N)CC3)n1)CCN(c1cccc3cccc(Cl)c13)C2. The molecule has 32 heavy (non-hydrogen) atoms. The summed E-state index contributed by atoms with van der Waals surface area (Å²) in [6.07, 6.45) is 4.75. The first-order valence-electron chi connectivity index (χ1n) is 10.9. The van der Waals surface area contributed by atoms with E-state index in [4.69, 9.17) is 31.6 Å². The van der Waals surface area contributed by atoms with Gasteiger partial charge in [-0.3, -0.25) is 0 Å². The summed E-state index contributed by atoms with van der Waals surface area (Å²) in [7, 11) is 1.61. The fraction of sp³-hybridized carbons (Fsp3) is 0.375. The van der Waals surface area contributed by atoms with E-state index in [1.54, 1.807) is 7.11 Å². The van der Waals surface area contributed by atoms with Gasteiger partial charge in [0.1, 0.15) is 5.82 Å². The molecule has 0 unspecified atom stereocenters. The van der Waals surface area contributed by atoms with Gasteiger partial charge in [-0.25, -0.2) is 0 Å². The molecule has 2 aromatic carbocycles. The Morgan fingerprint density at radius 1 is 1.09 bits per heavy atom. The number of anilines is 2. The number of aromatic nitrogens is 2. The number of nitriles is 1. The zero-order valence-electron chi connectivity index (χ0n) is 18.0. The smallest absolute Gasteiger partial charge is 0.318 e. The number of hydrogen-bond acceptors (Lipinski definition) is 7. The van der Waals surface area contributed by atoms with Crippen LogP contribution in [-0.4, -0.2) is 42.8 Å². The van der Waals surface area contributed by atoms with Crippen molar-refractivity contribution in [2.24, 2.45) is 0 Å². The molecule has 3 heterocycles. The quantitative estimate of drug-likeness (QED) is 0.479. The number of fused-ring (bicyclic) bond motifs is 2. The Bertz CT molecular complexity index is 1180. The monoisotopic (exact) mass is 448 g/mol. The van der Waals surface area contributed by atoms with Gasteiger partial charge in [0.25, 0.3) is 0 Å². The predicted octanol–water partition coefficient (Wildman–Crippen LogP) is 3.89. The molecule has 1 fully saturated rings. The highest BCUT2D eigenvalue weighted by Crippen LogP contribution is 2.37. The van der Waals surface area contributed by atoms with Crippen LogP contribution in [-0.2, 0) is 13.0 Å². The molecular formula is C24H25ClN6O. The van der Waals surface area contributed by atoms with E-state index in [0.717, 1.165) is 71.9 Å². The second-order valence-electron chi connectivity index (χ2n) is 8.26. The Labute approximate surface area is 192 Å². The molecule has 0 amide bonds. The van der Waals surface area contributed by atoms with Crippen LogP contribution in [0.2, 0.25) is 5.02 Å². The number of nitrogens with zero attached hydrogens (tertiary/aromatic N) is 5. The normalized spacial score (nSPS) is 16.5. The van der Waals surface area contributed by atoms with Crippen molar-refractivity contribution in [2.45, 2.75) is 31.8 Å². The number of piperidine rings is 1. The number of methoxy groups -OCH3 is 1. The third kappa shape index (κ3) is 3.76. The number of rotatable bonds is 4. The van der Waals surface area contributed by atoms with Gasteiger partial charge in [0.05, 0.1) is 24.4 Å². The summed E-state index contributed by atoms with van der Waals surface area (Å²) in [6.45, 7) is 3.26. The maximum absolute atomic E-state index is 8.91. The predicted molar refractivity (Wildman–Crippen MR) is 126 cm³/mol. The molecular weight excluding hydrogens is 424 g/mol. The van der Waals surface area contributed by atoms with E-state index in [0.29, 0.717) is 12.6 Å². The molecule has 1 aromatic heterocycles. The highest BCUT2D eigenvalue weighted by Gasteiger charge is 2.28. The Kier molecular flexibility index (Phi) is 5.62. The first-order chi connectivity index (χ1) is 15.7. The van der Waals surface area contributed by atoms with Crippen LogP contribution in [0, 0.1) is 11.5 Å². The summed E-state index contributed by atoms with van der Waals surface area (Å²) in [6, 6.07) is 13.0. The zero-order chi connectivity index (χ0) is 22.1. The first kappa shape index (κ1) is 20.7. The zero-order valence-corrected chi connectivity index (χ0v) is 18.8. The topological polar surface area (TPSA) is 77.3 Å². The number of benzene rings is 2. The molecule has 7 nitrogen and oxygen atoms in total. The van der Waals surface area contributed by atoms with Gasteiger partial charge in [0, 0.05) is 42.3 Å². The molecule has 2 aliphatic rings. The summed E-state index contributed by atoms with van der Waals surface area (Å²) in [4.78, 5) is 14.1. The number of hydrogen-bond donors (Lipinski definition) is 1. The van der Waals surface area contributed by atoms with Crippen LogP contribution < -0.4 is 19.9 Å². The molecule has 0 bridgehead atoms. The molecule has 2 aliphatic heterocycles. The Balaban J connectivity index is 1.47. The summed E-state index contributed by atoms with van der Waals surface area (Å²) < 4.78 is 5.46. The second kappa shape index (κ2) is 8.71. The standard InChI is InChI=1S/C24H25ClN6O/c1-32-24-28-20-14-31(21-7-3-5-16-4-2-6-19(25)22(16)21)13-10-18(20)23(29-24)30-11-8-17(9-12-30)27-15-26/h2-7,17,27H,8-14H2,1H3. The summed E-state index contributed by atoms with van der Waals surface area (Å²) in [5.74, 6) is 0.970. The van der Waals surface area contributed by atoms with Crippen LogP contribution >= 0.6 is 11.6 Å². The fourth-order valence-electron chi connectivity index (χ4n) is 4.81. The second-order valence-corrected chi connectivity index (χ2v) is 8.67. The van der Waals surface area contributed by atoms with E-state index in [9.17, 15) is 0 Å². The molecule has 8 heteroatoms. The van der Waals surface area contributed by atoms with Crippen molar-refractivity contribution in [3.63, 3.8) is 0 Å². The van der Waals surface area contributed by atoms with Crippen LogP contribution in [0.1, 0.15) is 24.1 Å². The Morgan fingerprint density at radius 2 is 1.88 bits per heavy atom. The van der Waals surface area contributed by atoms with Gasteiger partial charge in [0.2, 0.25) is 0 Å². The van der Waals surface area contributed by atoms with E-state index in [-0.39, 0.29) is 6.04 Å². The molecule has 1 saturated heterocycles. The lowest BCUT2D eigenvalue weighted by molar-refractivity contribution is 0.375. The van der Waals surface area contributed by atoms with E-state index < -0.39 is 0 Å². The summed E-state index contributed by atoms with van der Waals surface area (Å²) >= 11 is 6.59. The van der Waals surface area contributed by atoms with Gasteiger partial charge in [-0.1, -0.05) is 35.9 Å². The number of ether oxygens (including phenoxy) is 1. The van der Waals surface area contributed by atoms with Gasteiger partial charge in [-0.05, 0) is 36.8 Å². The third-order valence-corrected chi connectivity index (χ3v) is 6.76.